The molecule has 1 rings (SSSR count). The van der Waals surface area contributed by atoms with Crippen molar-refractivity contribution in [3.05, 3.63) is 11.9 Å². The monoisotopic (exact) mass is 244 g/mol. The van der Waals surface area contributed by atoms with Gasteiger partial charge in [-0.25, -0.2) is 18.4 Å². The van der Waals surface area contributed by atoms with Gasteiger partial charge in [0, 0.05) is 17.9 Å². The van der Waals surface area contributed by atoms with Crippen molar-refractivity contribution in [1.29, 1.82) is 0 Å². The predicted octanol–water partition coefficient (Wildman–Crippen LogP) is 0.212. The van der Waals surface area contributed by atoms with Crippen LogP contribution in [0.15, 0.2) is 6.33 Å². The van der Waals surface area contributed by atoms with Crippen LogP contribution in [-0.2, 0) is 9.84 Å². The van der Waals surface area contributed by atoms with Crippen LogP contribution in [-0.4, -0.2) is 36.4 Å². The molecule has 1 aromatic heterocycles. The van der Waals surface area contributed by atoms with E-state index >= 15 is 0 Å². The summed E-state index contributed by atoms with van der Waals surface area (Å²) in [6.45, 7) is 3.56. The summed E-state index contributed by atoms with van der Waals surface area (Å²) in [5.74, 6) is 1.02. The molecule has 0 aromatic carbocycles. The van der Waals surface area contributed by atoms with Gasteiger partial charge in [-0.15, -0.1) is 0 Å². The average molecular weight is 244 g/mol. The van der Waals surface area contributed by atoms with E-state index in [2.05, 4.69) is 15.3 Å². The highest BCUT2D eigenvalue weighted by Gasteiger charge is 2.12. The number of nitrogens with two attached hydrogens (primary N) is 1. The largest absolute Gasteiger partial charge is 0.383 e. The van der Waals surface area contributed by atoms with Crippen molar-refractivity contribution in [2.45, 2.75) is 19.9 Å². The summed E-state index contributed by atoms with van der Waals surface area (Å²) in [5.41, 5.74) is 6.34. The molecule has 90 valence electrons. The Morgan fingerprint density at radius 3 is 2.69 bits per heavy atom. The number of sulfone groups is 1. The molecule has 1 heterocycles. The maximum absolute atomic E-state index is 11.1. The summed E-state index contributed by atoms with van der Waals surface area (Å²) in [7, 11) is -3.00. The lowest BCUT2D eigenvalue weighted by molar-refractivity contribution is 0.598. The van der Waals surface area contributed by atoms with E-state index in [-0.39, 0.29) is 11.8 Å². The summed E-state index contributed by atoms with van der Waals surface area (Å²) in [5, 5.41) is 3.00. The fourth-order valence-corrected chi connectivity index (χ4v) is 2.33. The van der Waals surface area contributed by atoms with E-state index in [4.69, 9.17) is 5.73 Å². The van der Waals surface area contributed by atoms with Gasteiger partial charge in [0.15, 0.2) is 0 Å². The third kappa shape index (κ3) is 3.65. The quantitative estimate of drug-likeness (QED) is 0.785. The number of nitrogen functional groups attached to an aromatic ring is 1. The summed E-state index contributed by atoms with van der Waals surface area (Å²) in [4.78, 5) is 7.84. The lowest BCUT2D eigenvalue weighted by Gasteiger charge is -2.15. The van der Waals surface area contributed by atoms with Crippen molar-refractivity contribution in [3.8, 4) is 0 Å². The molecule has 0 bridgehead atoms. The number of hydrogen-bond acceptors (Lipinski definition) is 6. The molecule has 3 N–H and O–H groups in total. The van der Waals surface area contributed by atoms with Gasteiger partial charge in [0.1, 0.15) is 27.8 Å². The maximum Gasteiger partial charge on any atom is 0.149 e. The standard InChI is InChI=1S/C9H16N4O2S/c1-6(4-16(3,14)15)13-9-7(2)8(10)11-5-12-9/h5-6H,4H2,1-3H3,(H3,10,11,12,13). The van der Waals surface area contributed by atoms with Crippen LogP contribution in [0.2, 0.25) is 0 Å². The Labute approximate surface area is 95.2 Å². The van der Waals surface area contributed by atoms with Crippen molar-refractivity contribution in [1.82, 2.24) is 9.97 Å². The lowest BCUT2D eigenvalue weighted by Crippen LogP contribution is -2.26. The van der Waals surface area contributed by atoms with Gasteiger partial charge in [0.05, 0.1) is 5.75 Å². The Hall–Kier alpha value is -1.37. The fraction of sp³-hybridized carbons (Fsp3) is 0.556. The van der Waals surface area contributed by atoms with E-state index in [1.54, 1.807) is 13.8 Å². The van der Waals surface area contributed by atoms with Crippen LogP contribution in [0.5, 0.6) is 0 Å². The van der Waals surface area contributed by atoms with Gasteiger partial charge in [-0.2, -0.15) is 0 Å². The van der Waals surface area contributed by atoms with Crippen LogP contribution in [0.3, 0.4) is 0 Å². The molecule has 0 radical (unpaired) electrons. The van der Waals surface area contributed by atoms with Crippen molar-refractivity contribution in [2.75, 3.05) is 23.1 Å². The maximum atomic E-state index is 11.1. The highest BCUT2D eigenvalue weighted by atomic mass is 32.2. The molecule has 1 unspecified atom stereocenters. The van der Waals surface area contributed by atoms with Gasteiger partial charge in [-0.1, -0.05) is 0 Å². The zero-order valence-corrected chi connectivity index (χ0v) is 10.4. The second kappa shape index (κ2) is 4.65. The van der Waals surface area contributed by atoms with Crippen LogP contribution in [0.1, 0.15) is 12.5 Å². The second-order valence-electron chi connectivity index (χ2n) is 3.87. The van der Waals surface area contributed by atoms with Gasteiger partial charge < -0.3 is 11.1 Å². The van der Waals surface area contributed by atoms with Crippen molar-refractivity contribution in [3.63, 3.8) is 0 Å². The highest BCUT2D eigenvalue weighted by Crippen LogP contribution is 2.15. The third-order valence-electron chi connectivity index (χ3n) is 2.06. The molecule has 0 amide bonds. The zero-order valence-electron chi connectivity index (χ0n) is 9.56. The molecule has 0 spiro atoms. The van der Waals surface area contributed by atoms with Crippen LogP contribution < -0.4 is 11.1 Å². The predicted molar refractivity (Wildman–Crippen MR) is 64.0 cm³/mol. The zero-order chi connectivity index (χ0) is 12.3. The van der Waals surface area contributed by atoms with Crippen molar-refractivity contribution < 1.29 is 8.42 Å². The normalized spacial score (nSPS) is 13.4. The van der Waals surface area contributed by atoms with Crippen LogP contribution in [0.4, 0.5) is 11.6 Å². The Morgan fingerprint density at radius 2 is 2.12 bits per heavy atom. The Morgan fingerprint density at radius 1 is 1.50 bits per heavy atom. The first kappa shape index (κ1) is 12.7. The van der Waals surface area contributed by atoms with E-state index in [1.807, 2.05) is 0 Å². The van der Waals surface area contributed by atoms with E-state index < -0.39 is 9.84 Å². The first-order chi connectivity index (χ1) is 7.29. The average Bonchev–Trinajstić information content (AvgIpc) is 2.09. The van der Waals surface area contributed by atoms with Crippen molar-refractivity contribution >= 4 is 21.5 Å². The molecule has 0 aliphatic heterocycles. The lowest BCUT2D eigenvalue weighted by atomic mass is 10.3. The molecule has 0 aliphatic carbocycles. The van der Waals surface area contributed by atoms with Gasteiger partial charge in [0.2, 0.25) is 0 Å². The molecular weight excluding hydrogens is 228 g/mol. The first-order valence-electron chi connectivity index (χ1n) is 4.81. The van der Waals surface area contributed by atoms with Crippen molar-refractivity contribution in [2.24, 2.45) is 0 Å². The molecule has 6 nitrogen and oxygen atoms in total. The van der Waals surface area contributed by atoms with Crippen LogP contribution in [0.25, 0.3) is 0 Å². The number of anilines is 2. The highest BCUT2D eigenvalue weighted by molar-refractivity contribution is 7.90. The first-order valence-corrected chi connectivity index (χ1v) is 6.87. The van der Waals surface area contributed by atoms with E-state index in [9.17, 15) is 8.42 Å². The fourth-order valence-electron chi connectivity index (χ4n) is 1.34. The number of nitrogens with one attached hydrogen (secondary N) is 1. The van der Waals surface area contributed by atoms with Crippen LogP contribution >= 0.6 is 0 Å². The van der Waals surface area contributed by atoms with E-state index in [0.717, 1.165) is 5.56 Å². The minimum Gasteiger partial charge on any atom is -0.383 e. The van der Waals surface area contributed by atoms with E-state index in [0.29, 0.717) is 11.6 Å². The molecule has 0 aliphatic rings. The SMILES string of the molecule is Cc1c(N)ncnc1NC(C)CS(C)(=O)=O. The topological polar surface area (TPSA) is 98.0 Å². The number of hydrogen-bond donors (Lipinski definition) is 2. The second-order valence-corrected chi connectivity index (χ2v) is 6.06. The van der Waals surface area contributed by atoms with Gasteiger partial charge >= 0.3 is 0 Å². The smallest absolute Gasteiger partial charge is 0.149 e. The number of aromatic nitrogens is 2. The van der Waals surface area contributed by atoms with Gasteiger partial charge in [0.25, 0.3) is 0 Å². The molecule has 0 saturated carbocycles. The summed E-state index contributed by atoms with van der Waals surface area (Å²) >= 11 is 0. The minimum atomic E-state index is -3.00. The number of rotatable bonds is 4. The summed E-state index contributed by atoms with van der Waals surface area (Å²) in [6, 6.07) is -0.219. The molecule has 7 heteroatoms. The Kier molecular flexibility index (Phi) is 3.69. The summed E-state index contributed by atoms with van der Waals surface area (Å²) in [6.07, 6.45) is 2.55. The Balaban J connectivity index is 2.77. The molecular formula is C9H16N4O2S. The molecule has 1 atom stereocenters. The van der Waals surface area contributed by atoms with Gasteiger partial charge in [-0.05, 0) is 13.8 Å². The number of nitrogens with zero attached hydrogens (tertiary/aromatic N) is 2. The van der Waals surface area contributed by atoms with Crippen LogP contribution in [0, 0.1) is 6.92 Å². The molecule has 16 heavy (non-hydrogen) atoms. The summed E-state index contributed by atoms with van der Waals surface area (Å²) < 4.78 is 22.2. The van der Waals surface area contributed by atoms with Gasteiger partial charge in [-0.3, -0.25) is 0 Å². The molecule has 1 aromatic rings. The minimum absolute atomic E-state index is 0.0519. The third-order valence-corrected chi connectivity index (χ3v) is 3.16. The molecule has 0 saturated heterocycles. The Bertz CT molecular complexity index is 472. The molecule has 0 fully saturated rings. The van der Waals surface area contributed by atoms with E-state index in [1.165, 1.54) is 12.6 Å².